The molecule has 1 saturated heterocycles. The van der Waals surface area contributed by atoms with Crippen molar-refractivity contribution in [3.05, 3.63) is 52.7 Å². The van der Waals surface area contributed by atoms with E-state index in [1.807, 2.05) is 13.0 Å². The van der Waals surface area contributed by atoms with E-state index in [2.05, 4.69) is 15.4 Å². The molecule has 1 fully saturated rings. The van der Waals surface area contributed by atoms with E-state index in [4.69, 9.17) is 9.26 Å². The summed E-state index contributed by atoms with van der Waals surface area (Å²) in [7, 11) is 0. The van der Waals surface area contributed by atoms with Crippen molar-refractivity contribution in [2.24, 2.45) is 0 Å². The molecule has 6 nitrogen and oxygen atoms in total. The van der Waals surface area contributed by atoms with Crippen LogP contribution in [0.3, 0.4) is 0 Å². The van der Waals surface area contributed by atoms with Crippen molar-refractivity contribution in [2.45, 2.75) is 26.3 Å². The van der Waals surface area contributed by atoms with E-state index in [9.17, 15) is 9.18 Å². The van der Waals surface area contributed by atoms with Crippen LogP contribution in [0.15, 0.2) is 28.8 Å². The minimum absolute atomic E-state index is 0.121. The summed E-state index contributed by atoms with van der Waals surface area (Å²) in [5, 5.41) is 6.90. The Morgan fingerprint density at radius 1 is 1.38 bits per heavy atom. The van der Waals surface area contributed by atoms with Crippen molar-refractivity contribution in [1.29, 1.82) is 0 Å². The number of halogens is 1. The highest BCUT2D eigenvalue weighted by atomic mass is 19.1. The number of hydrogen-bond acceptors (Lipinski definition) is 5. The van der Waals surface area contributed by atoms with Gasteiger partial charge >= 0.3 is 0 Å². The standard InChI is InChI=1S/C19H24FN3O3/c1-3-16-18(13(2)26-22-16)19(24)21-12-17(23-7-9-25-10-8-23)14-5-4-6-15(20)11-14/h4-6,11,17H,3,7-10,12H2,1-2H3,(H,21,24). The first kappa shape index (κ1) is 18.5. The fourth-order valence-corrected chi connectivity index (χ4v) is 3.29. The minimum Gasteiger partial charge on any atom is -0.379 e. The summed E-state index contributed by atoms with van der Waals surface area (Å²) in [4.78, 5) is 14.9. The van der Waals surface area contributed by atoms with Crippen LogP contribution in [0.1, 0.15) is 40.3 Å². The maximum atomic E-state index is 13.7. The topological polar surface area (TPSA) is 67.6 Å². The fourth-order valence-electron chi connectivity index (χ4n) is 3.29. The molecule has 26 heavy (non-hydrogen) atoms. The summed E-state index contributed by atoms with van der Waals surface area (Å²) < 4.78 is 24.3. The Bertz CT molecular complexity index is 756. The largest absolute Gasteiger partial charge is 0.379 e. The van der Waals surface area contributed by atoms with Crippen molar-refractivity contribution in [2.75, 3.05) is 32.8 Å². The Balaban J connectivity index is 1.77. The second-order valence-electron chi connectivity index (χ2n) is 6.34. The highest BCUT2D eigenvalue weighted by molar-refractivity contribution is 5.96. The van der Waals surface area contributed by atoms with Gasteiger partial charge in [-0.2, -0.15) is 0 Å². The Labute approximate surface area is 152 Å². The molecule has 2 aromatic rings. The number of rotatable bonds is 6. The van der Waals surface area contributed by atoms with Crippen molar-refractivity contribution in [1.82, 2.24) is 15.4 Å². The quantitative estimate of drug-likeness (QED) is 0.856. The number of aromatic nitrogens is 1. The Kier molecular flexibility index (Phi) is 6.00. The number of aryl methyl sites for hydroxylation is 2. The van der Waals surface area contributed by atoms with Crippen molar-refractivity contribution >= 4 is 5.91 Å². The molecule has 1 aliphatic heterocycles. The van der Waals surface area contributed by atoms with Gasteiger partial charge < -0.3 is 14.6 Å². The number of hydrogen-bond donors (Lipinski definition) is 1. The van der Waals surface area contributed by atoms with E-state index in [-0.39, 0.29) is 17.8 Å². The third kappa shape index (κ3) is 4.11. The van der Waals surface area contributed by atoms with E-state index in [1.165, 1.54) is 12.1 Å². The highest BCUT2D eigenvalue weighted by Gasteiger charge is 2.25. The average Bonchev–Trinajstić information content (AvgIpc) is 3.03. The number of nitrogens with one attached hydrogen (secondary N) is 1. The minimum atomic E-state index is -0.282. The van der Waals surface area contributed by atoms with Crippen LogP contribution in [0.4, 0.5) is 4.39 Å². The van der Waals surface area contributed by atoms with Crippen LogP contribution in [-0.2, 0) is 11.2 Å². The molecular weight excluding hydrogens is 337 g/mol. The first-order valence-electron chi connectivity index (χ1n) is 8.90. The molecule has 1 aromatic carbocycles. The molecule has 1 amide bonds. The summed E-state index contributed by atoms with van der Waals surface area (Å²) in [6, 6.07) is 6.40. The molecule has 0 saturated carbocycles. The second-order valence-corrected chi connectivity index (χ2v) is 6.34. The summed E-state index contributed by atoms with van der Waals surface area (Å²) in [6.45, 7) is 6.77. The van der Waals surface area contributed by atoms with E-state index in [0.717, 1.165) is 18.7 Å². The van der Waals surface area contributed by atoms with E-state index in [1.54, 1.807) is 13.0 Å². The van der Waals surface area contributed by atoms with Crippen LogP contribution in [0, 0.1) is 12.7 Å². The number of carbonyl (C=O) groups is 1. The predicted molar refractivity (Wildman–Crippen MR) is 94.5 cm³/mol. The van der Waals surface area contributed by atoms with Gasteiger partial charge in [0.15, 0.2) is 0 Å². The van der Waals surface area contributed by atoms with Gasteiger partial charge in [-0.15, -0.1) is 0 Å². The molecule has 1 atom stereocenters. The zero-order valence-electron chi connectivity index (χ0n) is 15.1. The predicted octanol–water partition coefficient (Wildman–Crippen LogP) is 2.49. The number of morpholine rings is 1. The first-order valence-corrected chi connectivity index (χ1v) is 8.90. The third-order valence-corrected chi connectivity index (χ3v) is 4.67. The molecule has 0 radical (unpaired) electrons. The maximum absolute atomic E-state index is 13.7. The molecule has 0 aliphatic carbocycles. The SMILES string of the molecule is CCc1noc(C)c1C(=O)NCC(c1cccc(F)c1)N1CCOCC1. The van der Waals surface area contributed by atoms with Crippen LogP contribution in [0.2, 0.25) is 0 Å². The molecule has 3 rings (SSSR count). The summed E-state index contributed by atoms with van der Waals surface area (Å²) in [5.41, 5.74) is 1.98. The number of amides is 1. The lowest BCUT2D eigenvalue weighted by Crippen LogP contribution is -2.44. The van der Waals surface area contributed by atoms with Crippen LogP contribution < -0.4 is 5.32 Å². The molecule has 1 N–H and O–H groups in total. The van der Waals surface area contributed by atoms with Crippen molar-refractivity contribution in [3.8, 4) is 0 Å². The highest BCUT2D eigenvalue weighted by Crippen LogP contribution is 2.22. The van der Waals surface area contributed by atoms with Crippen molar-refractivity contribution < 1.29 is 18.4 Å². The third-order valence-electron chi connectivity index (χ3n) is 4.67. The molecule has 0 spiro atoms. The van der Waals surface area contributed by atoms with Gasteiger partial charge in [-0.3, -0.25) is 9.69 Å². The normalized spacial score (nSPS) is 16.4. The van der Waals surface area contributed by atoms with Gasteiger partial charge in [0.1, 0.15) is 17.1 Å². The number of ether oxygens (including phenoxy) is 1. The lowest BCUT2D eigenvalue weighted by Gasteiger charge is -2.35. The molecule has 1 aromatic heterocycles. The van der Waals surface area contributed by atoms with E-state index >= 15 is 0 Å². The molecule has 0 bridgehead atoms. The monoisotopic (exact) mass is 361 g/mol. The van der Waals surface area contributed by atoms with E-state index < -0.39 is 0 Å². The summed E-state index contributed by atoms with van der Waals surface area (Å²) in [6.07, 6.45) is 0.622. The van der Waals surface area contributed by atoms with Gasteiger partial charge in [0.2, 0.25) is 0 Å². The van der Waals surface area contributed by atoms with Crippen LogP contribution >= 0.6 is 0 Å². The van der Waals surface area contributed by atoms with Gasteiger partial charge in [-0.1, -0.05) is 24.2 Å². The van der Waals surface area contributed by atoms with Crippen LogP contribution in [0.5, 0.6) is 0 Å². The number of benzene rings is 1. The molecule has 7 heteroatoms. The number of nitrogens with zero attached hydrogens (tertiary/aromatic N) is 2. The van der Waals surface area contributed by atoms with Crippen molar-refractivity contribution in [3.63, 3.8) is 0 Å². The molecule has 2 heterocycles. The Morgan fingerprint density at radius 3 is 2.85 bits per heavy atom. The zero-order valence-corrected chi connectivity index (χ0v) is 15.1. The lowest BCUT2D eigenvalue weighted by atomic mass is 10.0. The lowest BCUT2D eigenvalue weighted by molar-refractivity contribution is 0.0161. The van der Waals surface area contributed by atoms with Gasteiger partial charge in [0, 0.05) is 19.6 Å². The molecule has 140 valence electrons. The number of carbonyl (C=O) groups excluding carboxylic acids is 1. The molecule has 1 unspecified atom stereocenters. The summed E-state index contributed by atoms with van der Waals surface area (Å²) >= 11 is 0. The Morgan fingerprint density at radius 2 is 2.15 bits per heavy atom. The fraction of sp³-hybridized carbons (Fsp3) is 0.474. The molecule has 1 aliphatic rings. The van der Waals surface area contributed by atoms with Crippen LogP contribution in [0.25, 0.3) is 0 Å². The average molecular weight is 361 g/mol. The summed E-state index contributed by atoms with van der Waals surface area (Å²) in [5.74, 6) is 0.0125. The Hall–Kier alpha value is -2.25. The van der Waals surface area contributed by atoms with Gasteiger partial charge in [0.25, 0.3) is 5.91 Å². The first-order chi connectivity index (χ1) is 12.6. The smallest absolute Gasteiger partial charge is 0.256 e. The van der Waals surface area contributed by atoms with Gasteiger partial charge in [-0.25, -0.2) is 4.39 Å². The van der Waals surface area contributed by atoms with E-state index in [0.29, 0.717) is 43.2 Å². The van der Waals surface area contributed by atoms with Crippen LogP contribution in [-0.4, -0.2) is 48.8 Å². The molecular formula is C19H24FN3O3. The van der Waals surface area contributed by atoms with Gasteiger partial charge in [0.05, 0.1) is 24.9 Å². The zero-order chi connectivity index (χ0) is 18.5. The maximum Gasteiger partial charge on any atom is 0.256 e. The second kappa shape index (κ2) is 8.42. The van der Waals surface area contributed by atoms with Gasteiger partial charge in [-0.05, 0) is 31.0 Å².